The van der Waals surface area contributed by atoms with E-state index in [-0.39, 0.29) is 23.1 Å². The van der Waals surface area contributed by atoms with Crippen LogP contribution in [0.4, 0.5) is 4.39 Å². The number of benzene rings is 1. The molecule has 0 aliphatic rings. The molecule has 0 saturated carbocycles. The Kier molecular flexibility index (Phi) is 6.26. The van der Waals surface area contributed by atoms with Crippen LogP contribution < -0.4 is 15.5 Å². The summed E-state index contributed by atoms with van der Waals surface area (Å²) in [7, 11) is 0. The fraction of sp³-hybridized carbons (Fsp3) is 0.0714. The number of nitrogens with one attached hydrogen (secondary N) is 1. The summed E-state index contributed by atoms with van der Waals surface area (Å²) in [5.74, 6) is -3.54. The summed E-state index contributed by atoms with van der Waals surface area (Å²) in [5.41, 5.74) is 0.369. The molecule has 1 N–H and O–H groups in total. The molecule has 1 aromatic carbocycles. The predicted molar refractivity (Wildman–Crippen MR) is 72.2 cm³/mol. The van der Waals surface area contributed by atoms with Gasteiger partial charge in [0.15, 0.2) is 0 Å². The molecular formula is C14H9FMgN2O4. The Morgan fingerprint density at radius 2 is 1.95 bits per heavy atom. The SMILES string of the molecule is O=C([O-])CNC(=O)c1ncc(-c2cccc(F)c2)cc1[O-].[Mg+2]. The average Bonchev–Trinajstić information content (AvgIpc) is 2.44. The van der Waals surface area contributed by atoms with Crippen molar-refractivity contribution < 1.29 is 24.2 Å². The molecule has 108 valence electrons. The molecular weight excluding hydrogens is 303 g/mol. The molecule has 22 heavy (non-hydrogen) atoms. The maximum atomic E-state index is 13.1. The minimum Gasteiger partial charge on any atom is -0.871 e. The van der Waals surface area contributed by atoms with Crippen molar-refractivity contribution in [2.45, 2.75) is 0 Å². The molecule has 0 fully saturated rings. The van der Waals surface area contributed by atoms with E-state index in [1.54, 1.807) is 6.07 Å². The van der Waals surface area contributed by atoms with Crippen molar-refractivity contribution in [3.8, 4) is 16.9 Å². The number of rotatable bonds is 4. The Balaban J connectivity index is 0.00000242. The van der Waals surface area contributed by atoms with Crippen LogP contribution in [-0.4, -0.2) is 46.5 Å². The van der Waals surface area contributed by atoms with Crippen molar-refractivity contribution in [1.82, 2.24) is 10.3 Å². The van der Waals surface area contributed by atoms with E-state index in [1.807, 2.05) is 5.32 Å². The van der Waals surface area contributed by atoms with Gasteiger partial charge in [0, 0.05) is 6.20 Å². The van der Waals surface area contributed by atoms with Gasteiger partial charge in [-0.1, -0.05) is 23.9 Å². The van der Waals surface area contributed by atoms with E-state index >= 15 is 0 Å². The molecule has 6 nitrogen and oxygen atoms in total. The molecule has 0 spiro atoms. The summed E-state index contributed by atoms with van der Waals surface area (Å²) in [4.78, 5) is 25.5. The number of carboxylic acid groups (broad SMARTS) is 1. The molecule has 1 aromatic heterocycles. The second kappa shape index (κ2) is 7.71. The molecule has 0 aliphatic heterocycles. The van der Waals surface area contributed by atoms with Gasteiger partial charge in [0.25, 0.3) is 5.91 Å². The van der Waals surface area contributed by atoms with Crippen LogP contribution in [0, 0.1) is 5.82 Å². The van der Waals surface area contributed by atoms with Crippen molar-refractivity contribution in [1.29, 1.82) is 0 Å². The molecule has 0 aliphatic carbocycles. The second-order valence-electron chi connectivity index (χ2n) is 4.14. The van der Waals surface area contributed by atoms with E-state index in [0.29, 0.717) is 11.1 Å². The van der Waals surface area contributed by atoms with Crippen LogP contribution >= 0.6 is 0 Å². The topological polar surface area (TPSA) is 105 Å². The Morgan fingerprint density at radius 3 is 2.55 bits per heavy atom. The first-order valence-electron chi connectivity index (χ1n) is 5.88. The monoisotopic (exact) mass is 312 g/mol. The number of aliphatic carboxylic acids is 1. The summed E-state index contributed by atoms with van der Waals surface area (Å²) in [5, 5.41) is 24.0. The van der Waals surface area contributed by atoms with Crippen molar-refractivity contribution in [2.24, 2.45) is 0 Å². The third-order valence-corrected chi connectivity index (χ3v) is 2.62. The number of nitrogens with zero attached hydrogens (tertiary/aromatic N) is 1. The number of halogens is 1. The normalized spacial score (nSPS) is 9.68. The van der Waals surface area contributed by atoms with Crippen molar-refractivity contribution >= 4 is 34.9 Å². The summed E-state index contributed by atoms with van der Waals surface area (Å²) in [6.07, 6.45) is 1.24. The maximum Gasteiger partial charge on any atom is 2.00 e. The van der Waals surface area contributed by atoms with E-state index < -0.39 is 35.7 Å². The molecule has 1 heterocycles. The molecule has 2 rings (SSSR count). The van der Waals surface area contributed by atoms with Gasteiger partial charge in [-0.25, -0.2) is 4.39 Å². The van der Waals surface area contributed by atoms with Crippen molar-refractivity contribution in [3.63, 3.8) is 0 Å². The third kappa shape index (κ3) is 4.40. The number of pyridine rings is 1. The average molecular weight is 313 g/mol. The molecule has 0 unspecified atom stereocenters. The van der Waals surface area contributed by atoms with E-state index in [0.717, 1.165) is 6.07 Å². The van der Waals surface area contributed by atoms with E-state index in [2.05, 4.69) is 4.98 Å². The number of hydrogen-bond donors (Lipinski definition) is 1. The molecule has 1 amide bonds. The van der Waals surface area contributed by atoms with Crippen LogP contribution in [0.1, 0.15) is 10.5 Å². The Labute approximate surface area is 141 Å². The largest absolute Gasteiger partial charge is 2.00 e. The van der Waals surface area contributed by atoms with Gasteiger partial charge in [-0.2, -0.15) is 0 Å². The van der Waals surface area contributed by atoms with Crippen molar-refractivity contribution in [2.75, 3.05) is 6.54 Å². The fourth-order valence-corrected chi connectivity index (χ4v) is 1.68. The molecule has 0 radical (unpaired) electrons. The van der Waals surface area contributed by atoms with Gasteiger partial charge in [-0.05, 0) is 23.3 Å². The Morgan fingerprint density at radius 1 is 1.23 bits per heavy atom. The number of hydrogen-bond acceptors (Lipinski definition) is 5. The van der Waals surface area contributed by atoms with Gasteiger partial charge in [0.1, 0.15) is 11.5 Å². The van der Waals surface area contributed by atoms with Gasteiger partial charge < -0.3 is 20.3 Å². The summed E-state index contributed by atoms with van der Waals surface area (Å²) in [6.45, 7) is -0.717. The van der Waals surface area contributed by atoms with Crippen LogP contribution in [0.5, 0.6) is 5.75 Å². The fourth-order valence-electron chi connectivity index (χ4n) is 1.68. The van der Waals surface area contributed by atoms with Crippen LogP contribution in [0.15, 0.2) is 36.5 Å². The van der Waals surface area contributed by atoms with Crippen LogP contribution in [0.2, 0.25) is 0 Å². The first kappa shape index (κ1) is 17.9. The first-order chi connectivity index (χ1) is 9.97. The van der Waals surface area contributed by atoms with Gasteiger partial charge in [0.2, 0.25) is 0 Å². The number of carbonyl (C=O) groups excluding carboxylic acids is 2. The molecule has 0 bridgehead atoms. The number of amides is 1. The number of carbonyl (C=O) groups is 2. The maximum absolute atomic E-state index is 13.1. The molecule has 0 saturated heterocycles. The summed E-state index contributed by atoms with van der Waals surface area (Å²) >= 11 is 0. The molecule has 2 aromatic rings. The van der Waals surface area contributed by atoms with Gasteiger partial charge in [-0.15, -0.1) is 0 Å². The van der Waals surface area contributed by atoms with Gasteiger partial charge in [0.05, 0.1) is 12.5 Å². The van der Waals surface area contributed by atoms with E-state index in [1.165, 1.54) is 24.4 Å². The van der Waals surface area contributed by atoms with E-state index in [4.69, 9.17) is 0 Å². The van der Waals surface area contributed by atoms with Gasteiger partial charge in [-0.3, -0.25) is 9.78 Å². The number of carboxylic acids is 1. The number of aromatic nitrogens is 1. The zero-order valence-corrected chi connectivity index (χ0v) is 12.8. The second-order valence-corrected chi connectivity index (χ2v) is 4.14. The van der Waals surface area contributed by atoms with E-state index in [9.17, 15) is 24.2 Å². The minimum absolute atomic E-state index is 0. The zero-order chi connectivity index (χ0) is 15.4. The van der Waals surface area contributed by atoms with Crippen LogP contribution in [-0.2, 0) is 4.79 Å². The van der Waals surface area contributed by atoms with Gasteiger partial charge >= 0.3 is 23.1 Å². The smallest absolute Gasteiger partial charge is 0.871 e. The minimum atomic E-state index is -1.48. The van der Waals surface area contributed by atoms with Crippen molar-refractivity contribution in [3.05, 3.63) is 48.0 Å². The summed E-state index contributed by atoms with van der Waals surface area (Å²) in [6, 6.07) is 6.70. The molecule has 0 atom stereocenters. The summed E-state index contributed by atoms with van der Waals surface area (Å²) < 4.78 is 13.1. The van der Waals surface area contributed by atoms with Crippen LogP contribution in [0.3, 0.4) is 0 Å². The zero-order valence-electron chi connectivity index (χ0n) is 11.3. The predicted octanol–water partition coefficient (Wildman–Crippen LogP) is -0.940. The Hall–Kier alpha value is -2.19. The quantitative estimate of drug-likeness (QED) is 0.734. The third-order valence-electron chi connectivity index (χ3n) is 2.62. The van der Waals surface area contributed by atoms with Crippen LogP contribution in [0.25, 0.3) is 11.1 Å². The standard InChI is InChI=1S/C14H11FN2O4.Mg/c15-10-3-1-2-8(4-10)9-5-11(18)13(16-6-9)14(21)17-7-12(19)20;/h1-6,18H,7H2,(H,17,21)(H,19,20);/q;+2/p-2. The molecule has 8 heteroatoms. The Bertz CT molecular complexity index is 709. The first-order valence-corrected chi connectivity index (χ1v) is 5.88.